The predicted molar refractivity (Wildman–Crippen MR) is 109 cm³/mol. The van der Waals surface area contributed by atoms with Crippen LogP contribution in [-0.2, 0) is 4.79 Å². The Labute approximate surface area is 163 Å². The highest BCUT2D eigenvalue weighted by Crippen LogP contribution is 2.27. The molecule has 0 unspecified atom stereocenters. The van der Waals surface area contributed by atoms with Crippen molar-refractivity contribution >= 4 is 11.6 Å². The van der Waals surface area contributed by atoms with Crippen LogP contribution in [0.3, 0.4) is 0 Å². The summed E-state index contributed by atoms with van der Waals surface area (Å²) >= 11 is 0. The molecular formula is C23H21N3O2. The third kappa shape index (κ3) is 3.88. The van der Waals surface area contributed by atoms with E-state index in [-0.39, 0.29) is 11.9 Å². The Morgan fingerprint density at radius 1 is 1.07 bits per heavy atom. The molecule has 0 saturated carbocycles. The summed E-state index contributed by atoms with van der Waals surface area (Å²) in [7, 11) is 0. The molecule has 0 aliphatic carbocycles. The maximum absolute atomic E-state index is 12.8. The average Bonchev–Trinajstić information content (AvgIpc) is 3.41. The zero-order valence-corrected chi connectivity index (χ0v) is 15.6. The first-order chi connectivity index (χ1) is 13.7. The van der Waals surface area contributed by atoms with Gasteiger partial charge in [0, 0.05) is 29.7 Å². The first-order valence-corrected chi connectivity index (χ1v) is 9.19. The van der Waals surface area contributed by atoms with Gasteiger partial charge in [0.15, 0.2) is 5.76 Å². The van der Waals surface area contributed by atoms with Crippen LogP contribution >= 0.6 is 0 Å². The quantitative estimate of drug-likeness (QED) is 0.515. The van der Waals surface area contributed by atoms with Gasteiger partial charge >= 0.3 is 0 Å². The number of nitrogens with one attached hydrogen (secondary N) is 1. The molecular weight excluding hydrogens is 350 g/mol. The number of aryl methyl sites for hydroxylation is 1. The number of hydrogen-bond acceptors (Lipinski definition) is 3. The summed E-state index contributed by atoms with van der Waals surface area (Å²) in [5.74, 6) is 0.623. The lowest BCUT2D eigenvalue weighted by molar-refractivity contribution is -0.116. The molecule has 28 heavy (non-hydrogen) atoms. The zero-order chi connectivity index (χ0) is 19.3. The number of carbonyl (C=O) groups excluding carboxylic acids is 1. The lowest BCUT2D eigenvalue weighted by Crippen LogP contribution is -2.20. The number of benzene rings is 2. The molecule has 0 spiro atoms. The first-order valence-electron chi connectivity index (χ1n) is 9.19. The summed E-state index contributed by atoms with van der Waals surface area (Å²) in [6, 6.07) is 21.4. The zero-order valence-electron chi connectivity index (χ0n) is 15.6. The normalized spacial score (nSPS) is 11.9. The van der Waals surface area contributed by atoms with Gasteiger partial charge in [-0.3, -0.25) is 4.79 Å². The molecule has 1 amide bonds. The van der Waals surface area contributed by atoms with Crippen molar-refractivity contribution in [3.8, 4) is 11.3 Å². The Morgan fingerprint density at radius 2 is 1.89 bits per heavy atom. The van der Waals surface area contributed by atoms with Gasteiger partial charge in [-0.2, -0.15) is 0 Å². The highest BCUT2D eigenvalue weighted by atomic mass is 16.5. The van der Waals surface area contributed by atoms with Gasteiger partial charge in [0.2, 0.25) is 5.91 Å². The Morgan fingerprint density at radius 3 is 2.64 bits per heavy atom. The van der Waals surface area contributed by atoms with Crippen LogP contribution in [-0.4, -0.2) is 15.6 Å². The van der Waals surface area contributed by atoms with Crippen LogP contribution < -0.4 is 5.32 Å². The van der Waals surface area contributed by atoms with Crippen LogP contribution in [0.25, 0.3) is 11.3 Å². The van der Waals surface area contributed by atoms with Crippen molar-refractivity contribution in [3.05, 3.63) is 96.4 Å². The van der Waals surface area contributed by atoms with Gasteiger partial charge < -0.3 is 14.4 Å². The van der Waals surface area contributed by atoms with Crippen LogP contribution in [0.15, 0.2) is 89.8 Å². The maximum atomic E-state index is 12.8. The summed E-state index contributed by atoms with van der Waals surface area (Å²) in [4.78, 5) is 12.8. The van der Waals surface area contributed by atoms with Crippen molar-refractivity contribution in [2.75, 3.05) is 5.32 Å². The molecule has 0 radical (unpaired) electrons. The van der Waals surface area contributed by atoms with Gasteiger partial charge in [-0.25, -0.2) is 0 Å². The van der Waals surface area contributed by atoms with Crippen LogP contribution in [0.4, 0.5) is 5.69 Å². The van der Waals surface area contributed by atoms with E-state index in [1.807, 2.05) is 60.9 Å². The van der Waals surface area contributed by atoms with Crippen molar-refractivity contribution in [1.82, 2.24) is 9.72 Å². The van der Waals surface area contributed by atoms with Gasteiger partial charge in [-0.05, 0) is 42.3 Å². The number of carbonyl (C=O) groups is 1. The highest BCUT2D eigenvalue weighted by Gasteiger charge is 2.19. The predicted octanol–water partition coefficient (Wildman–Crippen LogP) is 5.07. The topological polar surface area (TPSA) is 60.1 Å². The van der Waals surface area contributed by atoms with Gasteiger partial charge in [0.1, 0.15) is 0 Å². The van der Waals surface area contributed by atoms with Crippen molar-refractivity contribution in [2.24, 2.45) is 0 Å². The minimum atomic E-state index is -0.0614. The molecule has 2 heterocycles. The SMILES string of the molecule is Cc1ccccc1[C@H](CC(=O)Nc1cccc(-c2ccno2)c1)n1cccc1. The van der Waals surface area contributed by atoms with E-state index in [2.05, 4.69) is 34.1 Å². The van der Waals surface area contributed by atoms with E-state index >= 15 is 0 Å². The third-order valence-corrected chi connectivity index (χ3v) is 4.78. The number of rotatable bonds is 6. The van der Waals surface area contributed by atoms with E-state index in [9.17, 15) is 4.79 Å². The molecule has 4 aromatic rings. The summed E-state index contributed by atoms with van der Waals surface area (Å²) in [6.45, 7) is 2.07. The van der Waals surface area contributed by atoms with Gasteiger partial charge in [0.25, 0.3) is 0 Å². The Balaban J connectivity index is 1.54. The molecule has 5 heteroatoms. The Hall–Kier alpha value is -3.60. The molecule has 4 rings (SSSR count). The second kappa shape index (κ2) is 7.96. The number of anilines is 1. The maximum Gasteiger partial charge on any atom is 0.226 e. The Bertz CT molecular complexity index is 1050. The fourth-order valence-corrected chi connectivity index (χ4v) is 3.39. The highest BCUT2D eigenvalue weighted by molar-refractivity contribution is 5.92. The lowest BCUT2D eigenvalue weighted by Gasteiger charge is -2.21. The standard InChI is InChI=1S/C23H21N3O2/c1-17-7-2-3-10-20(17)21(26-13-4-5-14-26)16-23(27)25-19-9-6-8-18(15-19)22-11-12-24-28-22/h2-15,21H,16H2,1H3,(H,25,27)/t21-/m0/s1. The van der Waals surface area contributed by atoms with Crippen molar-refractivity contribution in [2.45, 2.75) is 19.4 Å². The van der Waals surface area contributed by atoms with E-state index in [1.165, 1.54) is 5.56 Å². The van der Waals surface area contributed by atoms with Crippen molar-refractivity contribution in [3.63, 3.8) is 0 Å². The fraction of sp³-hybridized carbons (Fsp3) is 0.130. The van der Waals surface area contributed by atoms with Gasteiger partial charge in [0.05, 0.1) is 18.7 Å². The first kappa shape index (κ1) is 17.8. The number of nitrogens with zero attached hydrogens (tertiary/aromatic N) is 2. The average molecular weight is 371 g/mol. The Kier molecular flexibility index (Phi) is 5.06. The van der Waals surface area contributed by atoms with E-state index in [4.69, 9.17) is 4.52 Å². The molecule has 0 bridgehead atoms. The largest absolute Gasteiger partial charge is 0.356 e. The molecule has 5 nitrogen and oxygen atoms in total. The van der Waals surface area contributed by atoms with E-state index in [1.54, 1.807) is 12.3 Å². The molecule has 140 valence electrons. The number of aromatic nitrogens is 2. The van der Waals surface area contributed by atoms with E-state index < -0.39 is 0 Å². The third-order valence-electron chi connectivity index (χ3n) is 4.78. The monoisotopic (exact) mass is 371 g/mol. The fourth-order valence-electron chi connectivity index (χ4n) is 3.39. The van der Waals surface area contributed by atoms with Gasteiger partial charge in [-0.1, -0.05) is 41.6 Å². The van der Waals surface area contributed by atoms with Crippen LogP contribution in [0.5, 0.6) is 0 Å². The smallest absolute Gasteiger partial charge is 0.226 e. The summed E-state index contributed by atoms with van der Waals surface area (Å²) in [6.07, 6.45) is 5.93. The van der Waals surface area contributed by atoms with Crippen LogP contribution in [0.2, 0.25) is 0 Å². The minimum Gasteiger partial charge on any atom is -0.356 e. The van der Waals surface area contributed by atoms with E-state index in [0.29, 0.717) is 12.2 Å². The lowest BCUT2D eigenvalue weighted by atomic mass is 9.98. The molecule has 2 aromatic heterocycles. The van der Waals surface area contributed by atoms with Crippen LogP contribution in [0, 0.1) is 6.92 Å². The minimum absolute atomic E-state index is 0.0447. The van der Waals surface area contributed by atoms with Crippen LogP contribution in [0.1, 0.15) is 23.6 Å². The molecule has 0 saturated heterocycles. The van der Waals surface area contributed by atoms with E-state index in [0.717, 1.165) is 16.8 Å². The van der Waals surface area contributed by atoms with Crippen molar-refractivity contribution in [1.29, 1.82) is 0 Å². The summed E-state index contributed by atoms with van der Waals surface area (Å²) in [5.41, 5.74) is 3.91. The molecule has 1 atom stereocenters. The second-order valence-corrected chi connectivity index (χ2v) is 6.71. The summed E-state index contributed by atoms with van der Waals surface area (Å²) < 4.78 is 7.27. The second-order valence-electron chi connectivity index (χ2n) is 6.71. The number of amides is 1. The number of hydrogen-bond donors (Lipinski definition) is 1. The van der Waals surface area contributed by atoms with Gasteiger partial charge in [-0.15, -0.1) is 0 Å². The molecule has 0 fully saturated rings. The molecule has 2 aromatic carbocycles. The van der Waals surface area contributed by atoms with Crippen molar-refractivity contribution < 1.29 is 9.32 Å². The molecule has 0 aliphatic heterocycles. The molecule has 0 aliphatic rings. The summed E-state index contributed by atoms with van der Waals surface area (Å²) in [5, 5.41) is 6.75. The molecule has 1 N–H and O–H groups in total.